The molecule has 11 rings (SSSR count). The van der Waals surface area contributed by atoms with Crippen LogP contribution in [0, 0.1) is 0 Å². The third-order valence-electron chi connectivity index (χ3n) is 18.3. The molecule has 0 spiro atoms. The van der Waals surface area contributed by atoms with Crippen LogP contribution in [0.4, 0.5) is 17.1 Å². The largest absolute Gasteiger partial charge is 0.456 e. The molecule has 2 nitrogen and oxygen atoms in total. The summed E-state index contributed by atoms with van der Waals surface area (Å²) < 4.78 is 6.38. The number of nitrogens with zero attached hydrogens (tertiary/aromatic N) is 1. The molecule has 0 saturated carbocycles. The summed E-state index contributed by atoms with van der Waals surface area (Å²) >= 11 is 0. The number of hydrogen-bond acceptors (Lipinski definition) is 2. The first-order chi connectivity index (χ1) is 33.8. The number of rotatable bonds is 5. The molecule has 0 saturated heterocycles. The Morgan fingerprint density at radius 3 is 1.24 bits per heavy atom. The third kappa shape index (κ3) is 6.80. The zero-order valence-electron chi connectivity index (χ0n) is 45.1. The fraction of sp³-hybridized carbons (Fsp3) is 0. The number of fused-ring (bicyclic) bond motifs is 9. The summed E-state index contributed by atoms with van der Waals surface area (Å²) in [6.07, 6.45) is 0. The van der Waals surface area contributed by atoms with E-state index in [1.165, 1.54) is 158 Å². The van der Waals surface area contributed by atoms with E-state index < -0.39 is 0 Å². The van der Waals surface area contributed by atoms with Gasteiger partial charge in [-0.3, -0.25) is 0 Å². The van der Waals surface area contributed by atoms with E-state index in [0.29, 0.717) is 0 Å². The van der Waals surface area contributed by atoms with Gasteiger partial charge in [-0.05, 0) is 120 Å². The molecule has 0 fully saturated rings. The van der Waals surface area contributed by atoms with Crippen molar-refractivity contribution in [3.05, 3.63) is 97.1 Å². The molecule has 320 valence electrons. The monoisotopic (exact) mass is 892 g/mol. The number of para-hydroxylation sites is 1. The van der Waals surface area contributed by atoms with E-state index in [4.69, 9.17) is 4.42 Å². The van der Waals surface area contributed by atoms with Gasteiger partial charge in [0.25, 0.3) is 0 Å². The van der Waals surface area contributed by atoms with Gasteiger partial charge < -0.3 is 9.32 Å². The molecule has 0 N–H and O–H groups in total. The van der Waals surface area contributed by atoms with Crippen LogP contribution in [0.3, 0.4) is 0 Å². The highest BCUT2D eigenvalue weighted by Gasteiger charge is 2.25. The highest BCUT2D eigenvalue weighted by Crippen LogP contribution is 2.41. The smallest absolute Gasteiger partial charge is 0.140 e. The van der Waals surface area contributed by atoms with Crippen LogP contribution < -0.4 is 97.8 Å². The zero-order valence-corrected chi connectivity index (χ0v) is 45.1. The average molecular weight is 889 g/mol. The first-order valence-electron chi connectivity index (χ1n) is 25.6. The molecule has 0 unspecified atom stereocenters. The van der Waals surface area contributed by atoms with Crippen molar-refractivity contribution in [1.82, 2.24) is 0 Å². The lowest BCUT2D eigenvalue weighted by atomic mass is 9.58. The second-order valence-electron chi connectivity index (χ2n) is 21.3. The van der Waals surface area contributed by atoms with E-state index in [0.717, 1.165) is 39.0 Å². The molecule has 10 aromatic carbocycles. The summed E-state index contributed by atoms with van der Waals surface area (Å²) in [5, 5.41) is 13.3. The first-order valence-corrected chi connectivity index (χ1v) is 25.6. The number of furan rings is 1. The van der Waals surface area contributed by atoms with Crippen molar-refractivity contribution in [3.8, 4) is 22.3 Å². The maximum absolute atomic E-state index is 6.38. The van der Waals surface area contributed by atoms with Crippen LogP contribution in [0.15, 0.2) is 101 Å². The lowest BCUT2D eigenvalue weighted by molar-refractivity contribution is 0.669. The minimum Gasteiger partial charge on any atom is -0.456 e. The van der Waals surface area contributed by atoms with Crippen molar-refractivity contribution >= 4 is 308 Å². The van der Waals surface area contributed by atoms with Crippen LogP contribution in [-0.4, -0.2) is 133 Å². The molecule has 0 aliphatic heterocycles. The Balaban J connectivity index is 1.13. The van der Waals surface area contributed by atoms with E-state index in [1.54, 1.807) is 0 Å². The molecule has 0 radical (unpaired) electrons. The van der Waals surface area contributed by atoms with Gasteiger partial charge in [-0.2, -0.15) is 0 Å². The Hall–Kier alpha value is -6.06. The number of benzene rings is 10. The van der Waals surface area contributed by atoms with Gasteiger partial charge in [0.2, 0.25) is 0 Å². The molecular weight excluding hydrogens is 838 g/mol. The van der Waals surface area contributed by atoms with Crippen LogP contribution in [0.5, 0.6) is 0 Å². The molecule has 11 aromatic rings. The minimum atomic E-state index is 0.891. The quantitative estimate of drug-likeness (QED) is 0.126. The summed E-state index contributed by atoms with van der Waals surface area (Å²) in [6, 6.07) is 36.3. The molecular formula is C52H50B17NO. The third-order valence-corrected chi connectivity index (χ3v) is 18.3. The Bertz CT molecular complexity index is 4190. The summed E-state index contributed by atoms with van der Waals surface area (Å²) in [5.74, 6) is 0. The Labute approximate surface area is 434 Å². The molecule has 0 atom stereocenters. The molecule has 1 heterocycles. The van der Waals surface area contributed by atoms with Gasteiger partial charge >= 0.3 is 0 Å². The highest BCUT2D eigenvalue weighted by atomic mass is 16.3. The van der Waals surface area contributed by atoms with Crippen molar-refractivity contribution in [2.24, 2.45) is 0 Å². The molecule has 19 heteroatoms. The summed E-state index contributed by atoms with van der Waals surface area (Å²) in [4.78, 5) is 2.42. The molecule has 0 aliphatic rings. The summed E-state index contributed by atoms with van der Waals surface area (Å²) in [7, 11) is 39.4. The van der Waals surface area contributed by atoms with Gasteiger partial charge in [0.15, 0.2) is 0 Å². The van der Waals surface area contributed by atoms with Gasteiger partial charge in [0.05, 0.1) is 0 Å². The number of anilines is 3. The normalized spacial score (nSPS) is 11.8. The van der Waals surface area contributed by atoms with Crippen molar-refractivity contribution < 1.29 is 4.42 Å². The predicted octanol–water partition coefficient (Wildman–Crippen LogP) is -14.6. The van der Waals surface area contributed by atoms with Crippen LogP contribution in [-0.2, 0) is 0 Å². The van der Waals surface area contributed by atoms with E-state index in [-0.39, 0.29) is 0 Å². The fourth-order valence-electron chi connectivity index (χ4n) is 12.8. The highest BCUT2D eigenvalue weighted by molar-refractivity contribution is 6.75. The van der Waals surface area contributed by atoms with Gasteiger partial charge in [-0.25, -0.2) is 0 Å². The topological polar surface area (TPSA) is 16.4 Å². The minimum absolute atomic E-state index is 0.891. The van der Waals surface area contributed by atoms with E-state index >= 15 is 0 Å². The Kier molecular flexibility index (Phi) is 11.3. The summed E-state index contributed by atoms with van der Waals surface area (Å²) in [5.41, 5.74) is 33.6. The van der Waals surface area contributed by atoms with Crippen LogP contribution in [0.25, 0.3) is 87.3 Å². The fourth-order valence-corrected chi connectivity index (χ4v) is 12.8. The average Bonchev–Trinajstić information content (AvgIpc) is 3.75. The molecule has 71 heavy (non-hydrogen) atoms. The molecule has 1 aromatic heterocycles. The predicted molar refractivity (Wildman–Crippen MR) is 368 cm³/mol. The Morgan fingerprint density at radius 2 is 0.676 bits per heavy atom. The SMILES string of the molecule is Bc1c(B)c(B)c2c(cc(-c3ccc(N(c4ccc(-c5c(B)c6c(B)c(B)c(B)c(B)c6c6c(B)c(B)c(B)c(B)c56)cc4)c4ccc5oc6ccccc6c5c4)cc3)c3c(B)c(B)c(B)c(B)c32)c1B. The van der Waals surface area contributed by atoms with Gasteiger partial charge in [0, 0.05) is 27.8 Å². The standard InChI is InChI=1S/C52H50B17NO/c53-36-25-16-23(29-32(30(25)39(56)46(63)45(36)62)41(58)49(66)47(64)38(29)55)17-5-9-19(10-6-17)70(21-13-14-27-24(15-21)22-3-1-2-4-26(22)71-27)20-11-7-18(8-12-20)28-31-33(42(59)50(67)48(65)40(31)57)34-35(37(28)54)44(61)52(69)51(68)43(34)60/h1-16H,53-69H2. The molecule has 0 bridgehead atoms. The summed E-state index contributed by atoms with van der Waals surface area (Å²) in [6.45, 7) is 0. The Morgan fingerprint density at radius 1 is 0.268 bits per heavy atom. The van der Waals surface area contributed by atoms with Gasteiger partial charge in [-0.15, -0.1) is 43.7 Å². The van der Waals surface area contributed by atoms with Crippen LogP contribution >= 0.6 is 0 Å². The van der Waals surface area contributed by atoms with Crippen molar-refractivity contribution in [2.45, 2.75) is 0 Å². The van der Waals surface area contributed by atoms with Crippen LogP contribution in [0.1, 0.15) is 0 Å². The van der Waals surface area contributed by atoms with Crippen molar-refractivity contribution in [2.75, 3.05) is 4.90 Å². The van der Waals surface area contributed by atoms with Crippen molar-refractivity contribution in [3.63, 3.8) is 0 Å². The van der Waals surface area contributed by atoms with E-state index in [2.05, 4.69) is 229 Å². The van der Waals surface area contributed by atoms with Crippen molar-refractivity contribution in [1.29, 1.82) is 0 Å². The van der Waals surface area contributed by atoms with Gasteiger partial charge in [0.1, 0.15) is 145 Å². The lowest BCUT2D eigenvalue weighted by Gasteiger charge is -2.28. The maximum Gasteiger partial charge on any atom is 0.140 e. The van der Waals surface area contributed by atoms with E-state index in [1.807, 2.05) is 6.07 Å². The molecule has 0 aliphatic carbocycles. The second kappa shape index (κ2) is 17.0. The second-order valence-corrected chi connectivity index (χ2v) is 21.3. The van der Waals surface area contributed by atoms with Gasteiger partial charge in [-0.1, -0.05) is 91.6 Å². The molecule has 0 amide bonds. The number of hydrogen-bond donors (Lipinski definition) is 0. The van der Waals surface area contributed by atoms with Crippen LogP contribution in [0.2, 0.25) is 0 Å². The maximum atomic E-state index is 6.38. The lowest BCUT2D eigenvalue weighted by Crippen LogP contribution is -2.51. The zero-order chi connectivity index (χ0) is 50.4. The first kappa shape index (κ1) is 47.3. The van der Waals surface area contributed by atoms with E-state index in [9.17, 15) is 0 Å².